The molecule has 1 aliphatic heterocycles. The van der Waals surface area contributed by atoms with Gasteiger partial charge in [-0.05, 0) is 5.56 Å². The molecule has 4 nitrogen and oxygen atoms in total. The zero-order valence-electron chi connectivity index (χ0n) is 8.70. The van der Waals surface area contributed by atoms with E-state index in [1.807, 2.05) is 0 Å². The van der Waals surface area contributed by atoms with E-state index in [1.54, 1.807) is 30.3 Å². The van der Waals surface area contributed by atoms with Gasteiger partial charge in [-0.15, -0.1) is 0 Å². The number of benzene rings is 1. The van der Waals surface area contributed by atoms with Crippen molar-refractivity contribution in [2.75, 3.05) is 5.75 Å². The number of carboxylic acids is 1. The van der Waals surface area contributed by atoms with E-state index in [0.29, 0.717) is 9.88 Å². The molecule has 1 saturated heterocycles. The van der Waals surface area contributed by atoms with Crippen LogP contribution in [-0.4, -0.2) is 32.0 Å². The van der Waals surface area contributed by atoms with E-state index in [-0.39, 0.29) is 11.7 Å². The van der Waals surface area contributed by atoms with Gasteiger partial charge in [0.15, 0.2) is 6.04 Å². The number of carboxylic acid groups (broad SMARTS) is 1. The number of rotatable bonds is 3. The Bertz CT molecular complexity index is 459. The van der Waals surface area contributed by atoms with Crippen molar-refractivity contribution in [2.24, 2.45) is 0 Å². The topological polar surface area (TPSA) is 57.6 Å². The van der Waals surface area contributed by atoms with Gasteiger partial charge in [0.2, 0.25) is 5.91 Å². The number of thiocarbonyl (C=S) groups is 1. The van der Waals surface area contributed by atoms with Gasteiger partial charge in [0, 0.05) is 0 Å². The Hall–Kier alpha value is -1.40. The first-order valence-electron chi connectivity index (χ1n) is 4.88. The van der Waals surface area contributed by atoms with Gasteiger partial charge in [-0.3, -0.25) is 9.69 Å². The van der Waals surface area contributed by atoms with Gasteiger partial charge in [0.25, 0.3) is 0 Å². The number of hydrogen-bond acceptors (Lipinski definition) is 4. The quantitative estimate of drug-likeness (QED) is 0.844. The Morgan fingerprint density at radius 1 is 1.41 bits per heavy atom. The van der Waals surface area contributed by atoms with Crippen LogP contribution in [-0.2, 0) is 9.59 Å². The minimum Gasteiger partial charge on any atom is -0.479 e. The Kier molecular flexibility index (Phi) is 3.44. The van der Waals surface area contributed by atoms with Crippen LogP contribution in [0.15, 0.2) is 30.3 Å². The molecule has 0 unspecified atom stereocenters. The molecule has 0 spiro atoms. The monoisotopic (exact) mass is 267 g/mol. The van der Waals surface area contributed by atoms with E-state index in [1.165, 1.54) is 16.7 Å². The zero-order chi connectivity index (χ0) is 12.4. The van der Waals surface area contributed by atoms with Crippen LogP contribution in [0.3, 0.4) is 0 Å². The largest absolute Gasteiger partial charge is 0.479 e. The highest BCUT2D eigenvalue weighted by atomic mass is 32.2. The lowest BCUT2D eigenvalue weighted by Gasteiger charge is -2.23. The van der Waals surface area contributed by atoms with E-state index < -0.39 is 12.0 Å². The number of carbonyl (C=O) groups is 2. The smallest absolute Gasteiger partial charge is 0.331 e. The third-order valence-electron chi connectivity index (χ3n) is 2.39. The Morgan fingerprint density at radius 2 is 2.06 bits per heavy atom. The third-order valence-corrected chi connectivity index (χ3v) is 3.78. The normalized spacial score (nSPS) is 17.3. The average molecular weight is 267 g/mol. The van der Waals surface area contributed by atoms with Crippen molar-refractivity contribution < 1.29 is 14.7 Å². The van der Waals surface area contributed by atoms with Gasteiger partial charge in [-0.1, -0.05) is 54.3 Å². The van der Waals surface area contributed by atoms with Gasteiger partial charge < -0.3 is 5.11 Å². The highest BCUT2D eigenvalue weighted by molar-refractivity contribution is 8.23. The number of aliphatic carboxylic acids is 1. The van der Waals surface area contributed by atoms with Crippen molar-refractivity contribution in [3.8, 4) is 0 Å². The maximum atomic E-state index is 11.7. The van der Waals surface area contributed by atoms with Crippen molar-refractivity contribution in [1.29, 1.82) is 0 Å². The molecule has 0 aliphatic carbocycles. The summed E-state index contributed by atoms with van der Waals surface area (Å²) in [6, 6.07) is 7.60. The summed E-state index contributed by atoms with van der Waals surface area (Å²) in [5, 5.41) is 9.26. The lowest BCUT2D eigenvalue weighted by atomic mass is 10.1. The van der Waals surface area contributed by atoms with Crippen LogP contribution < -0.4 is 0 Å². The molecule has 1 aliphatic rings. The average Bonchev–Trinajstić information content (AvgIpc) is 2.62. The van der Waals surface area contributed by atoms with E-state index in [2.05, 4.69) is 0 Å². The lowest BCUT2D eigenvalue weighted by Crippen LogP contribution is -2.37. The Morgan fingerprint density at radius 3 is 2.53 bits per heavy atom. The molecule has 88 valence electrons. The molecule has 0 saturated carbocycles. The van der Waals surface area contributed by atoms with Crippen LogP contribution in [0, 0.1) is 0 Å². The Labute approximate surface area is 108 Å². The third kappa shape index (κ3) is 2.32. The zero-order valence-corrected chi connectivity index (χ0v) is 10.3. The lowest BCUT2D eigenvalue weighted by molar-refractivity contribution is -0.146. The second kappa shape index (κ2) is 4.85. The van der Waals surface area contributed by atoms with Crippen LogP contribution >= 0.6 is 24.0 Å². The van der Waals surface area contributed by atoms with E-state index >= 15 is 0 Å². The molecule has 1 fully saturated rings. The van der Waals surface area contributed by atoms with Gasteiger partial charge >= 0.3 is 5.97 Å². The van der Waals surface area contributed by atoms with Gasteiger partial charge in [0.1, 0.15) is 4.32 Å². The SMILES string of the molecule is O=C(O)[C@H](c1ccccc1)N1C(=O)CSC1=S. The molecule has 1 amide bonds. The van der Waals surface area contributed by atoms with Crippen LogP contribution in [0.5, 0.6) is 0 Å². The molecular formula is C11H9NO3S2. The van der Waals surface area contributed by atoms with E-state index in [4.69, 9.17) is 12.2 Å². The summed E-state index contributed by atoms with van der Waals surface area (Å²) < 4.78 is 0.325. The summed E-state index contributed by atoms with van der Waals surface area (Å²) in [6.07, 6.45) is 0. The summed E-state index contributed by atoms with van der Waals surface area (Å²) in [7, 11) is 0. The molecule has 1 heterocycles. The minimum absolute atomic E-state index is 0.218. The predicted molar refractivity (Wildman–Crippen MR) is 68.7 cm³/mol. The molecule has 1 aromatic rings. The molecular weight excluding hydrogens is 258 g/mol. The highest BCUT2D eigenvalue weighted by Gasteiger charge is 2.38. The molecule has 1 atom stereocenters. The molecule has 0 radical (unpaired) electrons. The molecule has 17 heavy (non-hydrogen) atoms. The second-order valence-electron chi connectivity index (χ2n) is 3.47. The first-order chi connectivity index (χ1) is 8.11. The highest BCUT2D eigenvalue weighted by Crippen LogP contribution is 2.30. The minimum atomic E-state index is -1.07. The first-order valence-corrected chi connectivity index (χ1v) is 6.27. The van der Waals surface area contributed by atoms with Gasteiger partial charge in [0.05, 0.1) is 5.75 Å². The van der Waals surface area contributed by atoms with Crippen LogP contribution in [0.25, 0.3) is 0 Å². The van der Waals surface area contributed by atoms with Gasteiger partial charge in [-0.2, -0.15) is 0 Å². The molecule has 1 N–H and O–H groups in total. The van der Waals surface area contributed by atoms with Crippen molar-refractivity contribution in [1.82, 2.24) is 4.90 Å². The Balaban J connectivity index is 2.40. The molecule has 0 aromatic heterocycles. The van der Waals surface area contributed by atoms with Crippen molar-refractivity contribution in [3.63, 3.8) is 0 Å². The fourth-order valence-electron chi connectivity index (χ4n) is 1.65. The van der Waals surface area contributed by atoms with Crippen LogP contribution in [0.2, 0.25) is 0 Å². The summed E-state index contributed by atoms with van der Waals surface area (Å²) in [5.41, 5.74) is 0.554. The first kappa shape index (κ1) is 12.1. The molecule has 2 rings (SSSR count). The van der Waals surface area contributed by atoms with Crippen molar-refractivity contribution in [3.05, 3.63) is 35.9 Å². The number of hydrogen-bond donors (Lipinski definition) is 1. The maximum absolute atomic E-state index is 11.7. The number of amides is 1. The van der Waals surface area contributed by atoms with Crippen LogP contribution in [0.1, 0.15) is 11.6 Å². The summed E-state index contributed by atoms with van der Waals surface area (Å²) >= 11 is 6.22. The van der Waals surface area contributed by atoms with Crippen molar-refractivity contribution in [2.45, 2.75) is 6.04 Å². The summed E-state index contributed by atoms with van der Waals surface area (Å²) in [5.74, 6) is -1.11. The second-order valence-corrected chi connectivity index (χ2v) is 5.08. The fraction of sp³-hybridized carbons (Fsp3) is 0.182. The number of thioether (sulfide) groups is 1. The summed E-state index contributed by atoms with van der Waals surface area (Å²) in [6.45, 7) is 0. The molecule has 0 bridgehead atoms. The van der Waals surface area contributed by atoms with Crippen LogP contribution in [0.4, 0.5) is 0 Å². The van der Waals surface area contributed by atoms with Crippen molar-refractivity contribution >= 4 is 40.2 Å². The standard InChI is InChI=1S/C11H9NO3S2/c13-8-6-17-11(16)12(8)9(10(14)15)7-4-2-1-3-5-7/h1-5,9H,6H2,(H,14,15)/t9-/m0/s1. The predicted octanol–water partition coefficient (Wildman–Crippen LogP) is 1.67. The fourth-order valence-corrected chi connectivity index (χ4v) is 2.77. The summed E-state index contributed by atoms with van der Waals surface area (Å²) in [4.78, 5) is 24.2. The molecule has 1 aromatic carbocycles. The van der Waals surface area contributed by atoms with E-state index in [0.717, 1.165) is 0 Å². The maximum Gasteiger partial charge on any atom is 0.331 e. The van der Waals surface area contributed by atoms with E-state index in [9.17, 15) is 14.7 Å². The molecule has 6 heteroatoms. The number of carbonyl (C=O) groups excluding carboxylic acids is 1. The van der Waals surface area contributed by atoms with Gasteiger partial charge in [-0.25, -0.2) is 4.79 Å². The number of nitrogens with zero attached hydrogens (tertiary/aromatic N) is 1.